The van der Waals surface area contributed by atoms with Crippen LogP contribution in [0.2, 0.25) is 0 Å². The molecule has 1 N–H and O–H groups in total. The minimum Gasteiger partial charge on any atom is -0.496 e. The van der Waals surface area contributed by atoms with Gasteiger partial charge in [-0.15, -0.1) is 0 Å². The fourth-order valence-electron chi connectivity index (χ4n) is 2.28. The molecule has 0 spiro atoms. The smallest absolute Gasteiger partial charge is 0.131 e. The molecule has 0 saturated carbocycles. The molecule has 0 radical (unpaired) electrons. The number of hydrogen-bond acceptors (Lipinski definition) is 2. The average molecular weight is 338 g/mol. The molecule has 2 aromatic rings. The maximum atomic E-state index is 14.1. The van der Waals surface area contributed by atoms with E-state index < -0.39 is 0 Å². The van der Waals surface area contributed by atoms with E-state index in [1.165, 1.54) is 6.07 Å². The summed E-state index contributed by atoms with van der Waals surface area (Å²) in [5, 5.41) is 3.17. The van der Waals surface area contributed by atoms with Gasteiger partial charge in [0.1, 0.15) is 11.6 Å². The molecular formula is C16H17BrFNO. The third-order valence-corrected chi connectivity index (χ3v) is 3.75. The molecule has 106 valence electrons. The number of nitrogens with one attached hydrogen (secondary N) is 1. The molecule has 0 fully saturated rings. The zero-order valence-electron chi connectivity index (χ0n) is 11.5. The summed E-state index contributed by atoms with van der Waals surface area (Å²) in [4.78, 5) is 0. The van der Waals surface area contributed by atoms with Crippen molar-refractivity contribution >= 4 is 15.9 Å². The number of methoxy groups -OCH3 is 1. The van der Waals surface area contributed by atoms with Crippen molar-refractivity contribution < 1.29 is 9.13 Å². The van der Waals surface area contributed by atoms with E-state index in [4.69, 9.17) is 4.74 Å². The van der Waals surface area contributed by atoms with E-state index in [0.29, 0.717) is 17.7 Å². The van der Waals surface area contributed by atoms with Gasteiger partial charge in [0, 0.05) is 16.1 Å². The van der Waals surface area contributed by atoms with Crippen molar-refractivity contribution in [2.75, 3.05) is 14.2 Å². The lowest BCUT2D eigenvalue weighted by Gasteiger charge is -2.20. The summed E-state index contributed by atoms with van der Waals surface area (Å²) in [6.45, 7) is 0. The van der Waals surface area contributed by atoms with E-state index in [-0.39, 0.29) is 11.9 Å². The lowest BCUT2D eigenvalue weighted by atomic mass is 9.97. The maximum Gasteiger partial charge on any atom is 0.131 e. The fraction of sp³-hybridized carbons (Fsp3) is 0.250. The Balaban J connectivity index is 2.33. The Labute approximate surface area is 127 Å². The van der Waals surface area contributed by atoms with Crippen LogP contribution in [-0.2, 0) is 6.42 Å². The fourth-order valence-corrected chi connectivity index (χ4v) is 2.73. The molecule has 0 aliphatic rings. The second-order valence-corrected chi connectivity index (χ2v) is 5.45. The van der Waals surface area contributed by atoms with Gasteiger partial charge in [-0.2, -0.15) is 0 Å². The van der Waals surface area contributed by atoms with Crippen LogP contribution >= 0.6 is 15.9 Å². The highest BCUT2D eigenvalue weighted by Gasteiger charge is 2.19. The lowest BCUT2D eigenvalue weighted by molar-refractivity contribution is 0.393. The van der Waals surface area contributed by atoms with Gasteiger partial charge in [0.2, 0.25) is 0 Å². The molecule has 0 saturated heterocycles. The summed E-state index contributed by atoms with van der Waals surface area (Å²) in [5.41, 5.74) is 1.70. The highest BCUT2D eigenvalue weighted by atomic mass is 79.9. The molecule has 2 aromatic carbocycles. The zero-order valence-corrected chi connectivity index (χ0v) is 13.1. The predicted molar refractivity (Wildman–Crippen MR) is 82.6 cm³/mol. The number of benzene rings is 2. The van der Waals surface area contributed by atoms with Gasteiger partial charge in [-0.3, -0.25) is 0 Å². The van der Waals surface area contributed by atoms with E-state index in [0.717, 1.165) is 10.0 Å². The van der Waals surface area contributed by atoms with Crippen LogP contribution in [0.5, 0.6) is 5.75 Å². The second kappa shape index (κ2) is 6.86. The summed E-state index contributed by atoms with van der Waals surface area (Å²) < 4.78 is 20.4. The van der Waals surface area contributed by atoms with Crippen molar-refractivity contribution in [1.29, 1.82) is 0 Å². The lowest BCUT2D eigenvalue weighted by Crippen LogP contribution is -2.21. The molecule has 0 aromatic heterocycles. The van der Waals surface area contributed by atoms with E-state index in [1.54, 1.807) is 19.2 Å². The Morgan fingerprint density at radius 1 is 1.25 bits per heavy atom. The molecule has 0 bridgehead atoms. The van der Waals surface area contributed by atoms with Gasteiger partial charge in [-0.25, -0.2) is 4.39 Å². The SMILES string of the molecule is CNC(Cc1cccc(Br)c1)c1c(F)cccc1OC. The van der Waals surface area contributed by atoms with Gasteiger partial charge in [0.15, 0.2) is 0 Å². The molecule has 4 heteroatoms. The molecule has 0 amide bonds. The zero-order chi connectivity index (χ0) is 14.5. The highest BCUT2D eigenvalue weighted by Crippen LogP contribution is 2.30. The Hall–Kier alpha value is -1.39. The third kappa shape index (κ3) is 3.38. The average Bonchev–Trinajstić information content (AvgIpc) is 2.45. The van der Waals surface area contributed by atoms with Gasteiger partial charge in [-0.05, 0) is 43.3 Å². The molecule has 2 nitrogen and oxygen atoms in total. The van der Waals surface area contributed by atoms with Crippen LogP contribution in [0.25, 0.3) is 0 Å². The van der Waals surface area contributed by atoms with Crippen LogP contribution in [0.1, 0.15) is 17.2 Å². The van der Waals surface area contributed by atoms with Crippen molar-refractivity contribution in [3.63, 3.8) is 0 Å². The van der Waals surface area contributed by atoms with Gasteiger partial charge in [0.05, 0.1) is 7.11 Å². The van der Waals surface area contributed by atoms with Gasteiger partial charge in [-0.1, -0.05) is 34.1 Å². The van der Waals surface area contributed by atoms with Gasteiger partial charge < -0.3 is 10.1 Å². The van der Waals surface area contributed by atoms with Gasteiger partial charge >= 0.3 is 0 Å². The highest BCUT2D eigenvalue weighted by molar-refractivity contribution is 9.10. The predicted octanol–water partition coefficient (Wildman–Crippen LogP) is 4.10. The summed E-state index contributed by atoms with van der Waals surface area (Å²) in [5.74, 6) is 0.318. The van der Waals surface area contributed by atoms with Crippen LogP contribution in [0, 0.1) is 5.82 Å². The van der Waals surface area contributed by atoms with Crippen molar-refractivity contribution in [2.45, 2.75) is 12.5 Å². The van der Waals surface area contributed by atoms with Crippen molar-refractivity contribution in [1.82, 2.24) is 5.32 Å². The van der Waals surface area contributed by atoms with Crippen molar-refractivity contribution in [3.8, 4) is 5.75 Å². The largest absolute Gasteiger partial charge is 0.496 e. The van der Waals surface area contributed by atoms with Crippen molar-refractivity contribution in [2.24, 2.45) is 0 Å². The summed E-state index contributed by atoms with van der Waals surface area (Å²) >= 11 is 3.45. The van der Waals surface area contributed by atoms with E-state index in [9.17, 15) is 4.39 Å². The standard InChI is InChI=1S/C16H17BrFNO/c1-19-14(10-11-5-3-6-12(17)9-11)16-13(18)7-4-8-15(16)20-2/h3-9,14,19H,10H2,1-2H3. The number of hydrogen-bond donors (Lipinski definition) is 1. The van der Waals surface area contributed by atoms with Crippen molar-refractivity contribution in [3.05, 3.63) is 63.9 Å². The summed E-state index contributed by atoms with van der Waals surface area (Å²) in [6.07, 6.45) is 0.688. The number of ether oxygens (including phenoxy) is 1. The van der Waals surface area contributed by atoms with Crippen LogP contribution in [0.4, 0.5) is 4.39 Å². The molecule has 1 unspecified atom stereocenters. The molecule has 0 aliphatic carbocycles. The molecule has 20 heavy (non-hydrogen) atoms. The van der Waals surface area contributed by atoms with Crippen LogP contribution in [0.3, 0.4) is 0 Å². The Morgan fingerprint density at radius 3 is 2.65 bits per heavy atom. The normalized spacial score (nSPS) is 12.2. The Kier molecular flexibility index (Phi) is 5.15. The van der Waals surface area contributed by atoms with Crippen LogP contribution in [0.15, 0.2) is 46.9 Å². The van der Waals surface area contributed by atoms with Crippen LogP contribution in [-0.4, -0.2) is 14.2 Å². The first-order chi connectivity index (χ1) is 9.65. The molecule has 2 rings (SSSR count). The Bertz CT molecular complexity index is 588. The topological polar surface area (TPSA) is 21.3 Å². The number of rotatable bonds is 5. The first kappa shape index (κ1) is 15.0. The monoisotopic (exact) mass is 337 g/mol. The minimum absolute atomic E-state index is 0.138. The summed E-state index contributed by atoms with van der Waals surface area (Å²) in [6, 6.07) is 12.8. The number of halogens is 2. The third-order valence-electron chi connectivity index (χ3n) is 3.26. The maximum absolute atomic E-state index is 14.1. The molecule has 1 atom stereocenters. The van der Waals surface area contributed by atoms with E-state index in [2.05, 4.69) is 21.2 Å². The molecular weight excluding hydrogens is 321 g/mol. The first-order valence-electron chi connectivity index (χ1n) is 6.39. The second-order valence-electron chi connectivity index (χ2n) is 4.53. The van der Waals surface area contributed by atoms with Crippen LogP contribution < -0.4 is 10.1 Å². The first-order valence-corrected chi connectivity index (χ1v) is 7.19. The van der Waals surface area contributed by atoms with Gasteiger partial charge in [0.25, 0.3) is 0 Å². The Morgan fingerprint density at radius 2 is 2.00 bits per heavy atom. The minimum atomic E-state index is -0.251. The quantitative estimate of drug-likeness (QED) is 0.886. The van der Waals surface area contributed by atoms with E-state index in [1.807, 2.05) is 31.3 Å². The van der Waals surface area contributed by atoms with E-state index >= 15 is 0 Å². The summed E-state index contributed by atoms with van der Waals surface area (Å²) in [7, 11) is 3.39. The number of likely N-dealkylation sites (N-methyl/N-ethyl adjacent to an activating group) is 1. The molecule has 0 aliphatic heterocycles. The molecule has 0 heterocycles.